The van der Waals surface area contributed by atoms with Crippen molar-refractivity contribution in [1.82, 2.24) is 10.6 Å². The Morgan fingerprint density at radius 2 is 2.00 bits per heavy atom. The van der Waals surface area contributed by atoms with Gasteiger partial charge in [0.25, 0.3) is 0 Å². The van der Waals surface area contributed by atoms with Gasteiger partial charge >= 0.3 is 0 Å². The molecule has 0 saturated carbocycles. The summed E-state index contributed by atoms with van der Waals surface area (Å²) >= 11 is 0. The molecule has 3 N–H and O–H groups in total. The second-order valence-electron chi connectivity index (χ2n) is 3.48. The number of rotatable bonds is 5. The molecule has 4 heteroatoms. The fraction of sp³-hybridized carbons (Fsp3) is 0.333. The summed E-state index contributed by atoms with van der Waals surface area (Å²) in [6.07, 6.45) is 4.82. The van der Waals surface area contributed by atoms with E-state index in [1.807, 2.05) is 18.2 Å². The van der Waals surface area contributed by atoms with Gasteiger partial charge in [0, 0.05) is 6.54 Å². The molecule has 0 atom stereocenters. The molecule has 4 nitrogen and oxygen atoms in total. The van der Waals surface area contributed by atoms with Gasteiger partial charge in [0.15, 0.2) is 6.19 Å². The molecule has 0 radical (unpaired) electrons. The van der Waals surface area contributed by atoms with Crippen LogP contribution < -0.4 is 10.6 Å². The maximum absolute atomic E-state index is 8.25. The average molecular weight is 216 g/mol. The van der Waals surface area contributed by atoms with Gasteiger partial charge in [0.1, 0.15) is 0 Å². The third kappa shape index (κ3) is 5.01. The smallest absolute Gasteiger partial charge is 0.201 e. The van der Waals surface area contributed by atoms with Crippen molar-refractivity contribution in [2.45, 2.75) is 19.3 Å². The molecule has 0 aliphatic rings. The van der Waals surface area contributed by atoms with Crippen LogP contribution in [-0.4, -0.2) is 12.5 Å². The Balaban J connectivity index is 2.05. The molecule has 0 fully saturated rings. The lowest BCUT2D eigenvalue weighted by atomic mass is 10.1. The quantitative estimate of drug-likeness (QED) is 0.230. The fourth-order valence-corrected chi connectivity index (χ4v) is 1.41. The molecule has 1 rings (SSSR count). The third-order valence-electron chi connectivity index (χ3n) is 2.22. The number of guanidine groups is 1. The molecule has 0 unspecified atom stereocenters. The van der Waals surface area contributed by atoms with E-state index in [1.54, 1.807) is 6.19 Å². The van der Waals surface area contributed by atoms with Gasteiger partial charge in [0.05, 0.1) is 0 Å². The first-order chi connectivity index (χ1) is 7.83. The second-order valence-corrected chi connectivity index (χ2v) is 3.48. The van der Waals surface area contributed by atoms with Crippen LogP contribution >= 0.6 is 0 Å². The Hall–Kier alpha value is -2.02. The SMILES string of the molecule is N#CNC(=N)NCCCCc1ccccc1. The number of nitrogens with zero attached hydrogens (tertiary/aromatic N) is 1. The van der Waals surface area contributed by atoms with Crippen molar-refractivity contribution in [2.24, 2.45) is 0 Å². The maximum Gasteiger partial charge on any atom is 0.201 e. The fourth-order valence-electron chi connectivity index (χ4n) is 1.41. The molecule has 0 amide bonds. The topological polar surface area (TPSA) is 71.7 Å². The van der Waals surface area contributed by atoms with Crippen LogP contribution in [0, 0.1) is 16.9 Å². The molecule has 0 aliphatic heterocycles. The molecular weight excluding hydrogens is 200 g/mol. The van der Waals surface area contributed by atoms with Crippen LogP contribution in [0.15, 0.2) is 30.3 Å². The molecule has 1 aromatic carbocycles. The summed E-state index contributed by atoms with van der Waals surface area (Å²) in [7, 11) is 0. The number of nitrogens with one attached hydrogen (secondary N) is 3. The highest BCUT2D eigenvalue weighted by molar-refractivity contribution is 5.77. The second kappa shape index (κ2) is 7.30. The minimum absolute atomic E-state index is 0.0715. The van der Waals surface area contributed by atoms with Gasteiger partial charge in [-0.05, 0) is 24.8 Å². The van der Waals surface area contributed by atoms with Crippen LogP contribution in [0.2, 0.25) is 0 Å². The predicted molar refractivity (Wildman–Crippen MR) is 63.9 cm³/mol. The van der Waals surface area contributed by atoms with Crippen molar-refractivity contribution in [2.75, 3.05) is 6.54 Å². The summed E-state index contributed by atoms with van der Waals surface area (Å²) in [6, 6.07) is 10.3. The van der Waals surface area contributed by atoms with Gasteiger partial charge in [-0.3, -0.25) is 10.7 Å². The molecular formula is C12H16N4. The molecule has 0 saturated heterocycles. The predicted octanol–water partition coefficient (Wildman–Crippen LogP) is 1.60. The van der Waals surface area contributed by atoms with Gasteiger partial charge < -0.3 is 5.32 Å². The molecule has 0 heterocycles. The van der Waals surface area contributed by atoms with E-state index in [0.717, 1.165) is 25.8 Å². The van der Waals surface area contributed by atoms with Gasteiger partial charge in [0.2, 0.25) is 5.96 Å². The molecule has 0 aromatic heterocycles. The van der Waals surface area contributed by atoms with Crippen LogP contribution in [0.3, 0.4) is 0 Å². The van der Waals surface area contributed by atoms with Crippen LogP contribution in [0.5, 0.6) is 0 Å². The summed E-state index contributed by atoms with van der Waals surface area (Å²) < 4.78 is 0. The number of nitriles is 1. The molecule has 1 aromatic rings. The van der Waals surface area contributed by atoms with Crippen molar-refractivity contribution in [3.63, 3.8) is 0 Å². The lowest BCUT2D eigenvalue weighted by molar-refractivity contribution is 0.702. The molecule has 84 valence electrons. The molecule has 0 spiro atoms. The van der Waals surface area contributed by atoms with E-state index in [2.05, 4.69) is 22.8 Å². The highest BCUT2D eigenvalue weighted by Crippen LogP contribution is 2.03. The zero-order valence-electron chi connectivity index (χ0n) is 9.16. The van der Waals surface area contributed by atoms with Crippen molar-refractivity contribution >= 4 is 5.96 Å². The monoisotopic (exact) mass is 216 g/mol. The first-order valence-corrected chi connectivity index (χ1v) is 5.34. The third-order valence-corrected chi connectivity index (χ3v) is 2.22. The lowest BCUT2D eigenvalue weighted by Crippen LogP contribution is -2.33. The minimum Gasteiger partial charge on any atom is -0.356 e. The zero-order chi connectivity index (χ0) is 11.6. The number of aryl methyl sites for hydroxylation is 1. The highest BCUT2D eigenvalue weighted by Gasteiger charge is 1.94. The summed E-state index contributed by atoms with van der Waals surface area (Å²) in [4.78, 5) is 0. The lowest BCUT2D eigenvalue weighted by Gasteiger charge is -2.05. The first-order valence-electron chi connectivity index (χ1n) is 5.34. The van der Waals surface area contributed by atoms with Gasteiger partial charge in [-0.25, -0.2) is 0 Å². The van der Waals surface area contributed by atoms with E-state index in [9.17, 15) is 0 Å². The zero-order valence-corrected chi connectivity index (χ0v) is 9.16. The Morgan fingerprint density at radius 3 is 2.69 bits per heavy atom. The largest absolute Gasteiger partial charge is 0.356 e. The van der Waals surface area contributed by atoms with Crippen molar-refractivity contribution < 1.29 is 0 Å². The van der Waals surface area contributed by atoms with Crippen LogP contribution in [0.1, 0.15) is 18.4 Å². The summed E-state index contributed by atoms with van der Waals surface area (Å²) in [6.45, 7) is 0.723. The van der Waals surface area contributed by atoms with E-state index in [1.165, 1.54) is 5.56 Å². The Labute approximate surface area is 95.8 Å². The number of unbranched alkanes of at least 4 members (excludes halogenated alkanes) is 1. The van der Waals surface area contributed by atoms with E-state index in [-0.39, 0.29) is 5.96 Å². The van der Waals surface area contributed by atoms with Crippen molar-refractivity contribution in [1.29, 1.82) is 10.7 Å². The Morgan fingerprint density at radius 1 is 1.25 bits per heavy atom. The molecule has 16 heavy (non-hydrogen) atoms. The number of hydrogen-bond acceptors (Lipinski definition) is 2. The molecule has 0 aliphatic carbocycles. The summed E-state index contributed by atoms with van der Waals surface area (Å²) in [5, 5.41) is 20.5. The standard InChI is InChI=1S/C12H16N4/c13-10-16-12(14)15-9-5-4-8-11-6-2-1-3-7-11/h1-3,6-7H,4-5,8-9H2,(H3,14,15,16). The summed E-state index contributed by atoms with van der Waals surface area (Å²) in [5.41, 5.74) is 1.34. The number of benzene rings is 1. The van der Waals surface area contributed by atoms with Crippen molar-refractivity contribution in [3.05, 3.63) is 35.9 Å². The van der Waals surface area contributed by atoms with Crippen LogP contribution in [0.4, 0.5) is 0 Å². The normalized spacial score (nSPS) is 9.19. The maximum atomic E-state index is 8.25. The molecule has 0 bridgehead atoms. The Kier molecular flexibility index (Phi) is 5.49. The van der Waals surface area contributed by atoms with E-state index < -0.39 is 0 Å². The van der Waals surface area contributed by atoms with Gasteiger partial charge in [-0.15, -0.1) is 0 Å². The van der Waals surface area contributed by atoms with E-state index in [0.29, 0.717) is 0 Å². The summed E-state index contributed by atoms with van der Waals surface area (Å²) in [5.74, 6) is 0.0715. The Bertz CT molecular complexity index is 353. The van der Waals surface area contributed by atoms with Gasteiger partial charge in [-0.1, -0.05) is 30.3 Å². The average Bonchev–Trinajstić information content (AvgIpc) is 2.30. The van der Waals surface area contributed by atoms with Crippen LogP contribution in [0.25, 0.3) is 0 Å². The highest BCUT2D eigenvalue weighted by atomic mass is 15.1. The van der Waals surface area contributed by atoms with Crippen LogP contribution in [-0.2, 0) is 6.42 Å². The van der Waals surface area contributed by atoms with E-state index in [4.69, 9.17) is 10.7 Å². The van der Waals surface area contributed by atoms with Gasteiger partial charge in [-0.2, -0.15) is 5.26 Å². The first kappa shape index (κ1) is 12.1. The van der Waals surface area contributed by atoms with E-state index >= 15 is 0 Å². The minimum atomic E-state index is 0.0715. The van der Waals surface area contributed by atoms with Crippen molar-refractivity contribution in [3.8, 4) is 6.19 Å². The number of hydrogen-bond donors (Lipinski definition) is 3.